The lowest BCUT2D eigenvalue weighted by atomic mass is 10.1. The molecular formula is C16H21N3O2. The zero-order chi connectivity index (χ0) is 15.4. The van der Waals surface area contributed by atoms with Gasteiger partial charge in [-0.2, -0.15) is 5.10 Å². The molecule has 0 fully saturated rings. The average molecular weight is 287 g/mol. The molecule has 5 heteroatoms. The Morgan fingerprint density at radius 2 is 2.14 bits per heavy atom. The molecule has 21 heavy (non-hydrogen) atoms. The molecular weight excluding hydrogens is 266 g/mol. The molecule has 1 aromatic carbocycles. The summed E-state index contributed by atoms with van der Waals surface area (Å²) in [6.45, 7) is 4.73. The predicted octanol–water partition coefficient (Wildman–Crippen LogP) is 2.37. The third kappa shape index (κ3) is 3.31. The lowest BCUT2D eigenvalue weighted by molar-refractivity contribution is 0.0599. The van der Waals surface area contributed by atoms with Gasteiger partial charge in [0.1, 0.15) is 0 Å². The van der Waals surface area contributed by atoms with Gasteiger partial charge in [-0.15, -0.1) is 0 Å². The van der Waals surface area contributed by atoms with E-state index in [1.807, 2.05) is 43.0 Å². The second kappa shape index (κ2) is 6.54. The lowest BCUT2D eigenvalue weighted by Gasteiger charge is -2.15. The van der Waals surface area contributed by atoms with Crippen molar-refractivity contribution in [3.63, 3.8) is 0 Å². The van der Waals surface area contributed by atoms with E-state index in [-0.39, 0.29) is 12.0 Å². The molecule has 0 aliphatic heterocycles. The maximum atomic E-state index is 11.7. The predicted molar refractivity (Wildman–Crippen MR) is 81.0 cm³/mol. The maximum absolute atomic E-state index is 11.7. The first kappa shape index (κ1) is 15.3. The van der Waals surface area contributed by atoms with Crippen LogP contribution in [0.25, 0.3) is 0 Å². The maximum Gasteiger partial charge on any atom is 0.338 e. The van der Waals surface area contributed by atoms with Crippen LogP contribution in [-0.2, 0) is 18.3 Å². The van der Waals surface area contributed by atoms with E-state index in [4.69, 9.17) is 4.74 Å². The standard InChI is InChI=1S/C16H21N3O2/c1-11(15-10-18-19(3)12(15)2)17-9-13-7-5-6-8-14(13)16(20)21-4/h5-8,10-11,17H,9H2,1-4H3. The smallest absolute Gasteiger partial charge is 0.338 e. The van der Waals surface area contributed by atoms with Crippen LogP contribution in [-0.4, -0.2) is 22.9 Å². The molecule has 112 valence electrons. The number of hydrogen-bond acceptors (Lipinski definition) is 4. The lowest BCUT2D eigenvalue weighted by Crippen LogP contribution is -2.20. The van der Waals surface area contributed by atoms with Gasteiger partial charge in [0.2, 0.25) is 0 Å². The Morgan fingerprint density at radius 3 is 2.76 bits per heavy atom. The van der Waals surface area contributed by atoms with Crippen LogP contribution in [0.15, 0.2) is 30.5 Å². The van der Waals surface area contributed by atoms with Crippen molar-refractivity contribution < 1.29 is 9.53 Å². The highest BCUT2D eigenvalue weighted by Gasteiger charge is 2.14. The fourth-order valence-electron chi connectivity index (χ4n) is 2.30. The van der Waals surface area contributed by atoms with Crippen molar-refractivity contribution in [2.45, 2.75) is 26.4 Å². The third-order valence-electron chi connectivity index (χ3n) is 3.76. The van der Waals surface area contributed by atoms with Gasteiger partial charge in [-0.3, -0.25) is 4.68 Å². The van der Waals surface area contributed by atoms with E-state index in [1.165, 1.54) is 7.11 Å². The molecule has 5 nitrogen and oxygen atoms in total. The van der Waals surface area contributed by atoms with Gasteiger partial charge in [0, 0.05) is 30.9 Å². The normalized spacial score (nSPS) is 12.2. The van der Waals surface area contributed by atoms with Crippen LogP contribution in [0.2, 0.25) is 0 Å². The number of nitrogens with one attached hydrogen (secondary N) is 1. The minimum Gasteiger partial charge on any atom is -0.465 e. The fourth-order valence-corrected chi connectivity index (χ4v) is 2.30. The molecule has 2 rings (SSSR count). The molecule has 2 aromatic rings. The van der Waals surface area contributed by atoms with E-state index in [1.54, 1.807) is 6.07 Å². The number of carbonyl (C=O) groups is 1. The first-order valence-corrected chi connectivity index (χ1v) is 6.92. The van der Waals surface area contributed by atoms with E-state index < -0.39 is 0 Å². The number of benzene rings is 1. The zero-order valence-electron chi connectivity index (χ0n) is 12.9. The number of carbonyl (C=O) groups excluding carboxylic acids is 1. The summed E-state index contributed by atoms with van der Waals surface area (Å²) in [4.78, 5) is 11.7. The Hall–Kier alpha value is -2.14. The van der Waals surface area contributed by atoms with Crippen molar-refractivity contribution in [2.24, 2.45) is 7.05 Å². The fraction of sp³-hybridized carbons (Fsp3) is 0.375. The number of rotatable bonds is 5. The van der Waals surface area contributed by atoms with E-state index >= 15 is 0 Å². The summed E-state index contributed by atoms with van der Waals surface area (Å²) in [6.07, 6.45) is 1.87. The van der Waals surface area contributed by atoms with Crippen LogP contribution < -0.4 is 5.32 Å². The van der Waals surface area contributed by atoms with E-state index in [9.17, 15) is 4.79 Å². The van der Waals surface area contributed by atoms with E-state index in [2.05, 4.69) is 17.3 Å². The highest BCUT2D eigenvalue weighted by Crippen LogP contribution is 2.17. The minimum atomic E-state index is -0.308. The van der Waals surface area contributed by atoms with Crippen LogP contribution in [0.4, 0.5) is 0 Å². The first-order chi connectivity index (χ1) is 10.0. The molecule has 0 aliphatic carbocycles. The van der Waals surface area contributed by atoms with Gasteiger partial charge < -0.3 is 10.1 Å². The molecule has 1 heterocycles. The number of aryl methyl sites for hydroxylation is 1. The Morgan fingerprint density at radius 1 is 1.43 bits per heavy atom. The number of methoxy groups -OCH3 is 1. The molecule has 1 atom stereocenters. The van der Waals surface area contributed by atoms with Gasteiger partial charge in [0.15, 0.2) is 0 Å². The number of nitrogens with zero attached hydrogens (tertiary/aromatic N) is 2. The molecule has 0 radical (unpaired) electrons. The monoisotopic (exact) mass is 287 g/mol. The molecule has 1 N–H and O–H groups in total. The Labute approximate surface area is 124 Å². The Kier molecular flexibility index (Phi) is 4.75. The average Bonchev–Trinajstić information content (AvgIpc) is 2.84. The number of hydrogen-bond donors (Lipinski definition) is 1. The number of ether oxygens (including phenoxy) is 1. The second-order valence-electron chi connectivity index (χ2n) is 5.06. The number of esters is 1. The topological polar surface area (TPSA) is 56.1 Å². The van der Waals surface area contributed by atoms with Crippen molar-refractivity contribution in [3.05, 3.63) is 52.8 Å². The summed E-state index contributed by atoms with van der Waals surface area (Å²) in [5.74, 6) is -0.308. The summed E-state index contributed by atoms with van der Waals surface area (Å²) >= 11 is 0. The first-order valence-electron chi connectivity index (χ1n) is 6.92. The highest BCUT2D eigenvalue weighted by molar-refractivity contribution is 5.90. The molecule has 0 bridgehead atoms. The van der Waals surface area contributed by atoms with Gasteiger partial charge in [-0.25, -0.2) is 4.79 Å². The summed E-state index contributed by atoms with van der Waals surface area (Å²) in [7, 11) is 3.33. The van der Waals surface area contributed by atoms with E-state index in [0.29, 0.717) is 12.1 Å². The van der Waals surface area contributed by atoms with Gasteiger partial charge in [-0.05, 0) is 25.5 Å². The summed E-state index contributed by atoms with van der Waals surface area (Å²) in [6, 6.07) is 7.63. The van der Waals surface area contributed by atoms with Gasteiger partial charge in [-0.1, -0.05) is 18.2 Å². The van der Waals surface area contributed by atoms with Crippen LogP contribution in [0.3, 0.4) is 0 Å². The molecule has 0 saturated carbocycles. The van der Waals surface area contributed by atoms with Crippen LogP contribution in [0, 0.1) is 6.92 Å². The van der Waals surface area contributed by atoms with E-state index in [0.717, 1.165) is 16.8 Å². The Bertz CT molecular complexity index is 634. The zero-order valence-corrected chi connectivity index (χ0v) is 12.9. The highest BCUT2D eigenvalue weighted by atomic mass is 16.5. The molecule has 1 unspecified atom stereocenters. The number of aromatic nitrogens is 2. The summed E-state index contributed by atoms with van der Waals surface area (Å²) in [5, 5.41) is 7.68. The SMILES string of the molecule is COC(=O)c1ccccc1CNC(C)c1cnn(C)c1C. The molecule has 1 aromatic heterocycles. The largest absolute Gasteiger partial charge is 0.465 e. The van der Waals surface area contributed by atoms with Crippen molar-refractivity contribution in [1.82, 2.24) is 15.1 Å². The second-order valence-corrected chi connectivity index (χ2v) is 5.06. The molecule has 0 aliphatic rings. The van der Waals surface area contributed by atoms with Crippen molar-refractivity contribution in [2.75, 3.05) is 7.11 Å². The van der Waals surface area contributed by atoms with Crippen molar-refractivity contribution in [1.29, 1.82) is 0 Å². The van der Waals surface area contributed by atoms with Crippen molar-refractivity contribution >= 4 is 5.97 Å². The van der Waals surface area contributed by atoms with Crippen LogP contribution in [0.5, 0.6) is 0 Å². The molecule has 0 saturated heterocycles. The minimum absolute atomic E-state index is 0.157. The summed E-state index contributed by atoms with van der Waals surface area (Å²) < 4.78 is 6.67. The van der Waals surface area contributed by atoms with Gasteiger partial charge in [0.25, 0.3) is 0 Å². The Balaban J connectivity index is 2.10. The molecule has 0 spiro atoms. The molecule has 0 amide bonds. The summed E-state index contributed by atoms with van der Waals surface area (Å²) in [5.41, 5.74) is 3.82. The van der Waals surface area contributed by atoms with Gasteiger partial charge >= 0.3 is 5.97 Å². The third-order valence-corrected chi connectivity index (χ3v) is 3.76. The van der Waals surface area contributed by atoms with Crippen molar-refractivity contribution in [3.8, 4) is 0 Å². The van der Waals surface area contributed by atoms with Gasteiger partial charge in [0.05, 0.1) is 18.9 Å². The van der Waals surface area contributed by atoms with Crippen LogP contribution in [0.1, 0.15) is 40.1 Å². The quantitative estimate of drug-likeness (QED) is 0.858. The van der Waals surface area contributed by atoms with Crippen LogP contribution >= 0.6 is 0 Å².